The van der Waals surface area contributed by atoms with Crippen molar-refractivity contribution in [3.8, 4) is 0 Å². The summed E-state index contributed by atoms with van der Waals surface area (Å²) in [6.45, 7) is 6.23. The normalized spacial score (nSPS) is 17.2. The number of nitrogens with zero attached hydrogens (tertiary/aromatic N) is 3. The van der Waals surface area contributed by atoms with Gasteiger partial charge in [0, 0.05) is 25.3 Å². The Morgan fingerprint density at radius 3 is 2.81 bits per heavy atom. The summed E-state index contributed by atoms with van der Waals surface area (Å²) < 4.78 is 12.9. The number of anilines is 1. The molecule has 2 heterocycles. The van der Waals surface area contributed by atoms with Crippen molar-refractivity contribution < 1.29 is 9.18 Å². The van der Waals surface area contributed by atoms with Crippen molar-refractivity contribution in [3.05, 3.63) is 53.1 Å². The van der Waals surface area contributed by atoms with E-state index in [0.717, 1.165) is 37.2 Å². The lowest BCUT2D eigenvalue weighted by atomic mass is 10.00. The number of halogens is 1. The van der Waals surface area contributed by atoms with E-state index in [1.54, 1.807) is 18.2 Å². The zero-order valence-electron chi connectivity index (χ0n) is 15.3. The number of likely N-dealkylation sites (tertiary alicyclic amines) is 1. The first-order chi connectivity index (χ1) is 12.5. The van der Waals surface area contributed by atoms with Gasteiger partial charge < -0.3 is 10.2 Å². The molecule has 1 aliphatic heterocycles. The number of aryl methyl sites for hydroxylation is 1. The SMILES string of the molecule is Cc1cc(C(=O)N2CCCC(C)C2)nc(NCCc2ccc(F)cc2)n1. The molecule has 0 bridgehead atoms. The van der Waals surface area contributed by atoms with Crippen LogP contribution in [-0.4, -0.2) is 40.4 Å². The molecule has 3 rings (SSSR count). The first-order valence-corrected chi connectivity index (χ1v) is 9.14. The van der Waals surface area contributed by atoms with Crippen molar-refractivity contribution in [2.24, 2.45) is 5.92 Å². The minimum absolute atomic E-state index is 0.0244. The number of benzene rings is 1. The smallest absolute Gasteiger partial charge is 0.272 e. The van der Waals surface area contributed by atoms with Gasteiger partial charge in [-0.3, -0.25) is 4.79 Å². The second kappa shape index (κ2) is 8.25. The number of carbonyl (C=O) groups excluding carboxylic acids is 1. The number of carbonyl (C=O) groups is 1. The molecule has 1 aromatic heterocycles. The summed E-state index contributed by atoms with van der Waals surface area (Å²) >= 11 is 0. The second-order valence-corrected chi connectivity index (χ2v) is 7.02. The van der Waals surface area contributed by atoms with E-state index in [-0.39, 0.29) is 11.7 Å². The highest BCUT2D eigenvalue weighted by Crippen LogP contribution is 2.18. The Bertz CT molecular complexity index is 763. The van der Waals surface area contributed by atoms with E-state index >= 15 is 0 Å². The van der Waals surface area contributed by atoms with Gasteiger partial charge >= 0.3 is 0 Å². The van der Waals surface area contributed by atoms with Crippen molar-refractivity contribution in [1.29, 1.82) is 0 Å². The lowest BCUT2D eigenvalue weighted by Gasteiger charge is -2.30. The van der Waals surface area contributed by atoms with E-state index in [4.69, 9.17) is 0 Å². The van der Waals surface area contributed by atoms with Gasteiger partial charge in [0.1, 0.15) is 11.5 Å². The van der Waals surface area contributed by atoms with Crippen LogP contribution in [0.1, 0.15) is 41.5 Å². The van der Waals surface area contributed by atoms with Gasteiger partial charge in [-0.05, 0) is 55.9 Å². The van der Waals surface area contributed by atoms with E-state index in [9.17, 15) is 9.18 Å². The monoisotopic (exact) mass is 356 g/mol. The minimum atomic E-state index is -0.237. The summed E-state index contributed by atoms with van der Waals surface area (Å²) in [6, 6.07) is 8.18. The second-order valence-electron chi connectivity index (χ2n) is 7.02. The summed E-state index contributed by atoms with van der Waals surface area (Å²) in [5.41, 5.74) is 2.23. The summed E-state index contributed by atoms with van der Waals surface area (Å²) in [5.74, 6) is 0.729. The molecule has 0 radical (unpaired) electrons. The van der Waals surface area contributed by atoms with E-state index in [0.29, 0.717) is 24.1 Å². The Morgan fingerprint density at radius 1 is 1.31 bits per heavy atom. The van der Waals surface area contributed by atoms with Gasteiger partial charge in [0.2, 0.25) is 5.95 Å². The molecule has 1 aliphatic rings. The Kier molecular flexibility index (Phi) is 5.81. The van der Waals surface area contributed by atoms with Gasteiger partial charge in [-0.2, -0.15) is 0 Å². The fourth-order valence-electron chi connectivity index (χ4n) is 3.26. The maximum Gasteiger partial charge on any atom is 0.272 e. The molecule has 0 spiro atoms. The molecule has 0 saturated carbocycles. The van der Waals surface area contributed by atoms with Gasteiger partial charge in [0.25, 0.3) is 5.91 Å². The van der Waals surface area contributed by atoms with Crippen LogP contribution < -0.4 is 5.32 Å². The molecule has 6 heteroatoms. The zero-order chi connectivity index (χ0) is 18.5. The van der Waals surface area contributed by atoms with Crippen molar-refractivity contribution in [2.75, 3.05) is 25.0 Å². The maximum absolute atomic E-state index is 12.9. The lowest BCUT2D eigenvalue weighted by Crippen LogP contribution is -2.39. The van der Waals surface area contributed by atoms with Crippen molar-refractivity contribution in [3.63, 3.8) is 0 Å². The molecule has 2 aromatic rings. The first kappa shape index (κ1) is 18.3. The average Bonchev–Trinajstić information content (AvgIpc) is 2.62. The molecule has 1 atom stereocenters. The number of hydrogen-bond acceptors (Lipinski definition) is 4. The molecule has 1 unspecified atom stereocenters. The fourth-order valence-corrected chi connectivity index (χ4v) is 3.26. The number of aromatic nitrogens is 2. The predicted molar refractivity (Wildman–Crippen MR) is 99.7 cm³/mol. The van der Waals surface area contributed by atoms with Crippen LogP contribution in [0.5, 0.6) is 0 Å². The third-order valence-electron chi connectivity index (χ3n) is 4.63. The molecule has 138 valence electrons. The van der Waals surface area contributed by atoms with Crippen molar-refractivity contribution in [2.45, 2.75) is 33.1 Å². The lowest BCUT2D eigenvalue weighted by molar-refractivity contribution is 0.0677. The van der Waals surface area contributed by atoms with Crippen molar-refractivity contribution in [1.82, 2.24) is 14.9 Å². The van der Waals surface area contributed by atoms with Crippen LogP contribution in [0.3, 0.4) is 0 Å². The highest BCUT2D eigenvalue weighted by Gasteiger charge is 2.23. The van der Waals surface area contributed by atoms with Crippen LogP contribution in [0.25, 0.3) is 0 Å². The van der Waals surface area contributed by atoms with E-state index in [2.05, 4.69) is 22.2 Å². The molecule has 0 aliphatic carbocycles. The maximum atomic E-state index is 12.9. The van der Waals surface area contributed by atoms with Crippen LogP contribution in [0, 0.1) is 18.7 Å². The number of piperidine rings is 1. The van der Waals surface area contributed by atoms with Crippen LogP contribution in [0.4, 0.5) is 10.3 Å². The zero-order valence-corrected chi connectivity index (χ0v) is 15.3. The van der Waals surface area contributed by atoms with Gasteiger partial charge in [0.05, 0.1) is 0 Å². The van der Waals surface area contributed by atoms with Crippen LogP contribution >= 0.6 is 0 Å². The van der Waals surface area contributed by atoms with E-state index < -0.39 is 0 Å². The fraction of sp³-hybridized carbons (Fsp3) is 0.450. The molecule has 1 N–H and O–H groups in total. The van der Waals surface area contributed by atoms with Crippen LogP contribution in [0.15, 0.2) is 30.3 Å². The summed E-state index contributed by atoms with van der Waals surface area (Å²) in [4.78, 5) is 23.4. The van der Waals surface area contributed by atoms with E-state index in [1.165, 1.54) is 18.6 Å². The number of rotatable bonds is 5. The Hall–Kier alpha value is -2.50. The van der Waals surface area contributed by atoms with Crippen LogP contribution in [0.2, 0.25) is 0 Å². The number of nitrogens with one attached hydrogen (secondary N) is 1. The molecule has 1 saturated heterocycles. The third-order valence-corrected chi connectivity index (χ3v) is 4.63. The highest BCUT2D eigenvalue weighted by molar-refractivity contribution is 5.92. The Balaban J connectivity index is 1.63. The quantitative estimate of drug-likeness (QED) is 0.891. The molecule has 1 amide bonds. The Morgan fingerprint density at radius 2 is 2.08 bits per heavy atom. The van der Waals surface area contributed by atoms with Gasteiger partial charge in [-0.25, -0.2) is 14.4 Å². The van der Waals surface area contributed by atoms with Crippen molar-refractivity contribution >= 4 is 11.9 Å². The highest BCUT2D eigenvalue weighted by atomic mass is 19.1. The third kappa shape index (κ3) is 4.77. The largest absolute Gasteiger partial charge is 0.354 e. The molecule has 26 heavy (non-hydrogen) atoms. The Labute approximate surface area is 153 Å². The van der Waals surface area contributed by atoms with Gasteiger partial charge in [-0.15, -0.1) is 0 Å². The van der Waals surface area contributed by atoms with E-state index in [1.807, 2.05) is 11.8 Å². The average molecular weight is 356 g/mol. The van der Waals surface area contributed by atoms with Crippen LogP contribution in [-0.2, 0) is 6.42 Å². The predicted octanol–water partition coefficient (Wildman–Crippen LogP) is 3.45. The molecular weight excluding hydrogens is 331 g/mol. The summed E-state index contributed by atoms with van der Waals surface area (Å²) in [6.07, 6.45) is 2.94. The minimum Gasteiger partial charge on any atom is -0.354 e. The summed E-state index contributed by atoms with van der Waals surface area (Å²) in [5, 5.41) is 3.17. The molecule has 1 aromatic carbocycles. The van der Waals surface area contributed by atoms with Gasteiger partial charge in [0.15, 0.2) is 0 Å². The number of hydrogen-bond donors (Lipinski definition) is 1. The first-order valence-electron chi connectivity index (χ1n) is 9.14. The van der Waals surface area contributed by atoms with Gasteiger partial charge in [-0.1, -0.05) is 19.1 Å². The number of amides is 1. The molecule has 5 nitrogen and oxygen atoms in total. The standard InChI is InChI=1S/C20H25FN4O/c1-14-4-3-11-25(13-14)19(26)18-12-15(2)23-20(24-18)22-10-9-16-5-7-17(21)8-6-16/h5-8,12,14H,3-4,9-11,13H2,1-2H3,(H,22,23,24). The molecule has 1 fully saturated rings. The molecular formula is C20H25FN4O. The topological polar surface area (TPSA) is 58.1 Å². The summed E-state index contributed by atoms with van der Waals surface area (Å²) in [7, 11) is 0.